The Morgan fingerprint density at radius 1 is 1.38 bits per heavy atom. The van der Waals surface area contributed by atoms with E-state index >= 15 is 0 Å². The highest BCUT2D eigenvalue weighted by Gasteiger charge is 2.53. The molecule has 1 aromatic carbocycles. The van der Waals surface area contributed by atoms with Crippen LogP contribution in [0.15, 0.2) is 46.4 Å². The number of nitrogens with zero attached hydrogens (tertiary/aromatic N) is 4. The Labute approximate surface area is 170 Å². The quantitative estimate of drug-likeness (QED) is 0.658. The second kappa shape index (κ2) is 6.25. The smallest absolute Gasteiger partial charge is 0.270 e. The Bertz CT molecular complexity index is 1320. The molecule has 0 spiro atoms. The molecule has 148 valence electrons. The van der Waals surface area contributed by atoms with Crippen LogP contribution >= 0.6 is 11.3 Å². The molecule has 29 heavy (non-hydrogen) atoms. The number of para-hydroxylation sites is 1. The van der Waals surface area contributed by atoms with Crippen LogP contribution in [-0.4, -0.2) is 25.9 Å². The molecule has 2 bridgehead atoms. The molecule has 8 heteroatoms. The molecule has 2 aliphatic heterocycles. The maximum atomic E-state index is 13.4. The van der Waals surface area contributed by atoms with E-state index in [-0.39, 0.29) is 11.3 Å². The van der Waals surface area contributed by atoms with Crippen LogP contribution < -0.4 is 19.6 Å². The van der Waals surface area contributed by atoms with Gasteiger partial charge in [0.2, 0.25) is 5.72 Å². The molecular formula is C21H20N4O3S. The summed E-state index contributed by atoms with van der Waals surface area (Å²) in [6, 6.07) is 7.13. The Balaban J connectivity index is 1.78. The number of ether oxygens (including phenoxy) is 1. The van der Waals surface area contributed by atoms with Gasteiger partial charge in [0.15, 0.2) is 4.80 Å². The molecule has 5 rings (SSSR count). The van der Waals surface area contributed by atoms with E-state index in [1.165, 1.54) is 18.3 Å². The summed E-state index contributed by atoms with van der Waals surface area (Å²) < 4.78 is 10.2. The second-order valence-corrected chi connectivity index (χ2v) is 8.55. The van der Waals surface area contributed by atoms with E-state index in [0.717, 1.165) is 17.7 Å². The molecule has 0 fully saturated rings. The van der Waals surface area contributed by atoms with Gasteiger partial charge in [0, 0.05) is 23.9 Å². The molecule has 0 N–H and O–H groups in total. The third kappa shape index (κ3) is 2.62. The van der Waals surface area contributed by atoms with E-state index in [4.69, 9.17) is 9.73 Å². The predicted molar refractivity (Wildman–Crippen MR) is 109 cm³/mol. The van der Waals surface area contributed by atoms with Gasteiger partial charge in [-0.25, -0.2) is 4.99 Å². The average Bonchev–Trinajstić information content (AvgIpc) is 3.25. The fraction of sp³-hybridized carbons (Fsp3) is 0.333. The largest absolute Gasteiger partial charge is 0.465 e. The molecule has 0 radical (unpaired) electrons. The third-order valence-electron chi connectivity index (χ3n) is 5.59. The summed E-state index contributed by atoms with van der Waals surface area (Å²) in [5.41, 5.74) is 0.517. The van der Waals surface area contributed by atoms with Crippen molar-refractivity contribution in [3.8, 4) is 5.75 Å². The minimum atomic E-state index is -1.04. The van der Waals surface area contributed by atoms with Crippen molar-refractivity contribution in [2.45, 2.75) is 39.1 Å². The number of ketones is 1. The summed E-state index contributed by atoms with van der Waals surface area (Å²) >= 11 is 1.32. The summed E-state index contributed by atoms with van der Waals surface area (Å²) in [5.74, 6) is 0.0573. The van der Waals surface area contributed by atoms with Crippen molar-refractivity contribution in [1.29, 1.82) is 0 Å². The van der Waals surface area contributed by atoms with Crippen LogP contribution in [0.25, 0.3) is 6.08 Å². The lowest BCUT2D eigenvalue weighted by atomic mass is 9.79. The number of aryl methyl sites for hydroxylation is 1. The number of hydrogen-bond acceptors (Lipinski definition) is 6. The minimum absolute atomic E-state index is 0.0470. The minimum Gasteiger partial charge on any atom is -0.465 e. The van der Waals surface area contributed by atoms with Gasteiger partial charge < -0.3 is 4.74 Å². The molecule has 4 heterocycles. The Morgan fingerprint density at radius 2 is 2.17 bits per heavy atom. The van der Waals surface area contributed by atoms with Crippen LogP contribution in [0.1, 0.15) is 37.9 Å². The van der Waals surface area contributed by atoms with Crippen molar-refractivity contribution in [3.63, 3.8) is 0 Å². The number of carbonyl (C=O) groups excluding carboxylic acids is 1. The molecule has 0 unspecified atom stereocenters. The molecule has 3 aromatic rings. The van der Waals surface area contributed by atoms with E-state index in [1.54, 1.807) is 10.8 Å². The highest BCUT2D eigenvalue weighted by molar-refractivity contribution is 7.07. The van der Waals surface area contributed by atoms with Crippen LogP contribution in [0.4, 0.5) is 0 Å². The van der Waals surface area contributed by atoms with Crippen LogP contribution in [0.2, 0.25) is 0 Å². The molecule has 0 amide bonds. The predicted octanol–water partition coefficient (Wildman–Crippen LogP) is 1.49. The lowest BCUT2D eigenvalue weighted by molar-refractivity contribution is -0.132. The molecule has 0 aliphatic carbocycles. The second-order valence-electron chi connectivity index (χ2n) is 7.54. The van der Waals surface area contributed by atoms with Gasteiger partial charge in [0.05, 0.1) is 16.8 Å². The van der Waals surface area contributed by atoms with Gasteiger partial charge in [-0.2, -0.15) is 5.10 Å². The van der Waals surface area contributed by atoms with E-state index in [1.807, 2.05) is 55.1 Å². The fourth-order valence-electron chi connectivity index (χ4n) is 4.33. The van der Waals surface area contributed by atoms with Crippen molar-refractivity contribution >= 4 is 23.2 Å². The van der Waals surface area contributed by atoms with Crippen molar-refractivity contribution in [1.82, 2.24) is 14.3 Å². The van der Waals surface area contributed by atoms with E-state index in [2.05, 4.69) is 5.10 Å². The SMILES string of the molecule is CCn1cc(/C=c2\sc3n(c2=O)[C@H]2c4ccccc4O[C@](C)(N=3)[C@@H]2C(C)=O)cn1. The maximum Gasteiger partial charge on any atom is 0.270 e. The highest BCUT2D eigenvalue weighted by Crippen LogP contribution is 2.47. The van der Waals surface area contributed by atoms with Gasteiger partial charge in [-0.15, -0.1) is 0 Å². The fourth-order valence-corrected chi connectivity index (χ4v) is 5.43. The summed E-state index contributed by atoms with van der Waals surface area (Å²) in [4.78, 5) is 31.3. The lowest BCUT2D eigenvalue weighted by Gasteiger charge is -2.45. The van der Waals surface area contributed by atoms with E-state index in [9.17, 15) is 9.59 Å². The van der Waals surface area contributed by atoms with Gasteiger partial charge in [0.25, 0.3) is 5.56 Å². The third-order valence-corrected chi connectivity index (χ3v) is 6.58. The molecule has 0 saturated heterocycles. The van der Waals surface area contributed by atoms with Crippen molar-refractivity contribution < 1.29 is 9.53 Å². The number of Topliss-reactive ketones (excluding diaryl/α,β-unsaturated/α-hetero) is 1. The van der Waals surface area contributed by atoms with Crippen molar-refractivity contribution in [3.05, 3.63) is 67.5 Å². The lowest BCUT2D eigenvalue weighted by Crippen LogP contribution is -2.58. The van der Waals surface area contributed by atoms with Gasteiger partial charge in [-0.1, -0.05) is 29.5 Å². The van der Waals surface area contributed by atoms with Gasteiger partial charge in [0.1, 0.15) is 17.5 Å². The summed E-state index contributed by atoms with van der Waals surface area (Å²) in [7, 11) is 0. The summed E-state index contributed by atoms with van der Waals surface area (Å²) in [5, 5.41) is 4.26. The van der Waals surface area contributed by atoms with Crippen LogP contribution in [0, 0.1) is 5.92 Å². The number of aromatic nitrogens is 3. The Morgan fingerprint density at radius 3 is 2.90 bits per heavy atom. The van der Waals surface area contributed by atoms with Gasteiger partial charge >= 0.3 is 0 Å². The summed E-state index contributed by atoms with van der Waals surface area (Å²) in [6.45, 7) is 6.13. The molecule has 2 aliphatic rings. The van der Waals surface area contributed by atoms with Gasteiger partial charge in [-0.3, -0.25) is 18.8 Å². The number of benzene rings is 1. The zero-order valence-electron chi connectivity index (χ0n) is 16.3. The van der Waals surface area contributed by atoms with Gasteiger partial charge in [-0.05, 0) is 32.9 Å². The normalized spacial score (nSPS) is 25.0. The number of rotatable bonds is 3. The van der Waals surface area contributed by atoms with Crippen molar-refractivity contribution in [2.75, 3.05) is 0 Å². The monoisotopic (exact) mass is 408 g/mol. The standard InChI is InChI=1S/C21H20N4O3S/c1-4-24-11-13(10-22-24)9-16-19(27)25-18-14-7-5-6-8-15(14)28-21(3,17(18)12(2)26)23-20(25)29-16/h5-11,17-18H,4H2,1-3H3/b16-9-/t17-,18+,21+/m1/s1. The van der Waals surface area contributed by atoms with Crippen molar-refractivity contribution in [2.24, 2.45) is 10.9 Å². The molecule has 7 nitrogen and oxygen atoms in total. The number of hydrogen-bond donors (Lipinski definition) is 0. The number of fused-ring (bicyclic) bond motifs is 6. The van der Waals surface area contributed by atoms with E-state index < -0.39 is 17.7 Å². The average molecular weight is 408 g/mol. The van der Waals surface area contributed by atoms with Crippen LogP contribution in [0.5, 0.6) is 5.75 Å². The zero-order chi connectivity index (χ0) is 20.3. The molecule has 3 atom stereocenters. The van der Waals surface area contributed by atoms with Crippen LogP contribution in [0.3, 0.4) is 0 Å². The number of thiazole rings is 1. The first-order valence-corrected chi connectivity index (χ1v) is 10.4. The maximum absolute atomic E-state index is 13.4. The Kier molecular flexibility index (Phi) is 3.89. The summed E-state index contributed by atoms with van der Waals surface area (Å²) in [6.07, 6.45) is 5.46. The zero-order valence-corrected chi connectivity index (χ0v) is 17.1. The number of carbonyl (C=O) groups is 1. The molecule has 0 saturated carbocycles. The van der Waals surface area contributed by atoms with Crippen LogP contribution in [-0.2, 0) is 11.3 Å². The molecule has 2 aromatic heterocycles. The first-order valence-electron chi connectivity index (χ1n) is 9.55. The molecular weight excluding hydrogens is 388 g/mol. The topological polar surface area (TPSA) is 78.5 Å². The van der Waals surface area contributed by atoms with E-state index in [0.29, 0.717) is 15.1 Å². The highest BCUT2D eigenvalue weighted by atomic mass is 32.1. The Hall–Kier alpha value is -3.00. The first kappa shape index (κ1) is 18.1. The first-order chi connectivity index (χ1) is 13.9.